The summed E-state index contributed by atoms with van der Waals surface area (Å²) in [6.07, 6.45) is 0. The van der Waals surface area contributed by atoms with Gasteiger partial charge in [-0.05, 0) is 34.3 Å². The van der Waals surface area contributed by atoms with Crippen LogP contribution < -0.4 is 9.47 Å². The highest BCUT2D eigenvalue weighted by molar-refractivity contribution is 7.13. The molecule has 0 saturated heterocycles. The molecule has 0 atom stereocenters. The molecule has 2 nitrogen and oxygen atoms in total. The second-order valence-corrected chi connectivity index (χ2v) is 6.62. The summed E-state index contributed by atoms with van der Waals surface area (Å²) in [5, 5.41) is 6.93. The van der Waals surface area contributed by atoms with E-state index in [1.165, 1.54) is 0 Å². The number of thiophene rings is 3. The van der Waals surface area contributed by atoms with Crippen molar-refractivity contribution in [3.8, 4) is 10.8 Å². The number of hydrogen-bond acceptors (Lipinski definition) is 5. The monoisotopic (exact) mass is 292 g/mol. The van der Waals surface area contributed by atoms with Gasteiger partial charge >= 0.3 is 5.79 Å². The van der Waals surface area contributed by atoms with Gasteiger partial charge in [0.15, 0.2) is 5.75 Å². The molecule has 0 N–H and O–H groups in total. The minimum absolute atomic E-state index is 0.773. The lowest BCUT2D eigenvalue weighted by atomic mass is 10.2. The lowest BCUT2D eigenvalue weighted by Gasteiger charge is -2.25. The van der Waals surface area contributed by atoms with Crippen molar-refractivity contribution in [2.24, 2.45) is 0 Å². The van der Waals surface area contributed by atoms with Gasteiger partial charge in [-0.2, -0.15) is 0 Å². The van der Waals surface area contributed by atoms with Crippen LogP contribution in [-0.2, 0) is 5.79 Å². The highest BCUT2D eigenvalue weighted by Gasteiger charge is 2.47. The lowest BCUT2D eigenvalue weighted by Crippen LogP contribution is -2.34. The second kappa shape index (κ2) is 3.85. The predicted octanol–water partition coefficient (Wildman–Crippen LogP) is 4.54. The van der Waals surface area contributed by atoms with Crippen LogP contribution in [0.25, 0.3) is 0 Å². The fourth-order valence-electron chi connectivity index (χ4n) is 1.99. The minimum Gasteiger partial charge on any atom is -0.438 e. The van der Waals surface area contributed by atoms with Crippen LogP contribution in [0.2, 0.25) is 0 Å². The Bertz CT molecular complexity index is 596. The average Bonchev–Trinajstić information content (AvgIpc) is 3.14. The van der Waals surface area contributed by atoms with Crippen LogP contribution in [0.3, 0.4) is 0 Å². The summed E-state index contributed by atoms with van der Waals surface area (Å²) in [6.45, 7) is 0. The quantitative estimate of drug-likeness (QED) is 0.690. The Morgan fingerprint density at radius 2 is 1.50 bits per heavy atom. The summed E-state index contributed by atoms with van der Waals surface area (Å²) in [7, 11) is 0. The standard InChI is InChI=1S/C13H8O2S3/c1-3-10(16-6-1)13(11-4-2-7-17-11)14-9-5-8-18-12(9)15-13/h1-8H. The molecule has 3 aromatic heterocycles. The fraction of sp³-hybridized carbons (Fsp3) is 0.0769. The fourth-order valence-corrected chi connectivity index (χ4v) is 4.38. The molecule has 1 aliphatic heterocycles. The van der Waals surface area contributed by atoms with Gasteiger partial charge in [0, 0.05) is 0 Å². The molecule has 0 aliphatic carbocycles. The molecule has 18 heavy (non-hydrogen) atoms. The van der Waals surface area contributed by atoms with Crippen molar-refractivity contribution in [3.63, 3.8) is 0 Å². The van der Waals surface area contributed by atoms with Gasteiger partial charge in [0.25, 0.3) is 0 Å². The van der Waals surface area contributed by atoms with Crippen LogP contribution >= 0.6 is 34.0 Å². The van der Waals surface area contributed by atoms with E-state index in [4.69, 9.17) is 9.47 Å². The zero-order valence-electron chi connectivity index (χ0n) is 9.16. The zero-order valence-corrected chi connectivity index (χ0v) is 11.6. The Kier molecular flexibility index (Phi) is 2.27. The normalized spacial score (nSPS) is 16.0. The van der Waals surface area contributed by atoms with E-state index in [0.29, 0.717) is 0 Å². The Morgan fingerprint density at radius 3 is 2.06 bits per heavy atom. The molecule has 0 bridgehead atoms. The highest BCUT2D eigenvalue weighted by Crippen LogP contribution is 2.52. The summed E-state index contributed by atoms with van der Waals surface area (Å²) in [5.41, 5.74) is 0. The molecule has 4 heterocycles. The molecule has 0 unspecified atom stereocenters. The van der Waals surface area contributed by atoms with Crippen LogP contribution in [0.15, 0.2) is 46.5 Å². The maximum atomic E-state index is 6.14. The zero-order chi connectivity index (χ0) is 12.0. The van der Waals surface area contributed by atoms with E-state index < -0.39 is 5.79 Å². The number of fused-ring (bicyclic) bond motifs is 1. The summed E-state index contributed by atoms with van der Waals surface area (Å²) in [6, 6.07) is 10.1. The largest absolute Gasteiger partial charge is 0.438 e. The molecule has 0 radical (unpaired) electrons. The third-order valence-corrected chi connectivity index (χ3v) is 5.45. The van der Waals surface area contributed by atoms with Gasteiger partial charge in [-0.3, -0.25) is 0 Å². The van der Waals surface area contributed by atoms with Gasteiger partial charge in [-0.25, -0.2) is 0 Å². The number of ether oxygens (including phenoxy) is 2. The summed E-state index contributed by atoms with van der Waals surface area (Å²) < 4.78 is 12.3. The topological polar surface area (TPSA) is 18.5 Å². The molecule has 0 spiro atoms. The van der Waals surface area contributed by atoms with Crippen molar-refractivity contribution in [2.75, 3.05) is 0 Å². The van der Waals surface area contributed by atoms with Crippen LogP contribution in [0.5, 0.6) is 10.8 Å². The summed E-state index contributed by atoms with van der Waals surface area (Å²) in [5.74, 6) is 0.0619. The SMILES string of the molecule is c1csc(C2(c3cccs3)Oc3ccsc3O2)c1. The average molecular weight is 292 g/mol. The molecule has 3 aromatic rings. The predicted molar refractivity (Wildman–Crippen MR) is 75.0 cm³/mol. The van der Waals surface area contributed by atoms with E-state index in [9.17, 15) is 0 Å². The van der Waals surface area contributed by atoms with Crippen LogP contribution in [0, 0.1) is 0 Å². The van der Waals surface area contributed by atoms with Crippen LogP contribution in [-0.4, -0.2) is 0 Å². The molecule has 5 heteroatoms. The third-order valence-electron chi connectivity index (χ3n) is 2.78. The van der Waals surface area contributed by atoms with Crippen molar-refractivity contribution in [3.05, 3.63) is 56.2 Å². The van der Waals surface area contributed by atoms with Gasteiger partial charge < -0.3 is 9.47 Å². The Balaban J connectivity index is 1.89. The van der Waals surface area contributed by atoms with Gasteiger partial charge in [0.2, 0.25) is 5.06 Å². The smallest absolute Gasteiger partial charge is 0.325 e. The lowest BCUT2D eigenvalue weighted by molar-refractivity contribution is -0.0379. The first-order valence-electron chi connectivity index (χ1n) is 5.42. The van der Waals surface area contributed by atoms with Crippen molar-refractivity contribution >= 4 is 34.0 Å². The van der Waals surface area contributed by atoms with E-state index in [2.05, 4.69) is 12.1 Å². The van der Waals surface area contributed by atoms with E-state index in [-0.39, 0.29) is 0 Å². The summed E-state index contributed by atoms with van der Waals surface area (Å²) >= 11 is 4.88. The highest BCUT2D eigenvalue weighted by atomic mass is 32.1. The first-order valence-corrected chi connectivity index (χ1v) is 8.06. The van der Waals surface area contributed by atoms with Gasteiger partial charge in [0.05, 0.1) is 9.75 Å². The van der Waals surface area contributed by atoms with Crippen LogP contribution in [0.4, 0.5) is 0 Å². The third kappa shape index (κ3) is 1.38. The van der Waals surface area contributed by atoms with E-state index in [1.54, 1.807) is 34.0 Å². The summed E-state index contributed by atoms with van der Waals surface area (Å²) in [4.78, 5) is 2.15. The first kappa shape index (κ1) is 10.6. The maximum Gasteiger partial charge on any atom is 0.325 e. The molecule has 0 aromatic carbocycles. The van der Waals surface area contributed by atoms with Gasteiger partial charge in [-0.1, -0.05) is 12.1 Å². The van der Waals surface area contributed by atoms with E-state index >= 15 is 0 Å². The van der Waals surface area contributed by atoms with E-state index in [1.807, 2.05) is 34.3 Å². The van der Waals surface area contributed by atoms with Gasteiger partial charge in [0.1, 0.15) is 0 Å². The molecular formula is C13H8O2S3. The molecule has 0 amide bonds. The number of hydrogen-bond donors (Lipinski definition) is 0. The Hall–Kier alpha value is -1.30. The molecule has 4 rings (SSSR count). The Morgan fingerprint density at radius 1 is 0.778 bits per heavy atom. The van der Waals surface area contributed by atoms with E-state index in [0.717, 1.165) is 20.6 Å². The molecular weight excluding hydrogens is 284 g/mol. The number of rotatable bonds is 2. The second-order valence-electron chi connectivity index (χ2n) is 3.85. The first-order chi connectivity index (χ1) is 8.88. The van der Waals surface area contributed by atoms with Crippen molar-refractivity contribution < 1.29 is 9.47 Å². The maximum absolute atomic E-state index is 6.14. The molecule has 0 fully saturated rings. The minimum atomic E-state index is -0.773. The van der Waals surface area contributed by atoms with Crippen molar-refractivity contribution in [2.45, 2.75) is 5.79 Å². The van der Waals surface area contributed by atoms with Crippen LogP contribution in [0.1, 0.15) is 9.75 Å². The molecule has 0 saturated carbocycles. The van der Waals surface area contributed by atoms with Gasteiger partial charge in [-0.15, -0.1) is 34.0 Å². The van der Waals surface area contributed by atoms with Crippen molar-refractivity contribution in [1.29, 1.82) is 0 Å². The Labute approximate surface area is 116 Å². The molecule has 1 aliphatic rings. The van der Waals surface area contributed by atoms with Crippen molar-refractivity contribution in [1.82, 2.24) is 0 Å². The molecule has 90 valence electrons.